The summed E-state index contributed by atoms with van der Waals surface area (Å²) in [5, 5.41) is 2.90. The zero-order chi connectivity index (χ0) is 11.0. The first-order valence-corrected chi connectivity index (χ1v) is 5.65. The maximum Gasteiger partial charge on any atom is 0.444 e. The summed E-state index contributed by atoms with van der Waals surface area (Å²) in [6.45, 7) is 0.838. The molecule has 1 aliphatic heterocycles. The Morgan fingerprint density at radius 1 is 1.19 bits per heavy atom. The quantitative estimate of drug-likeness (QED) is 0.703. The van der Waals surface area contributed by atoms with Crippen LogP contribution in [0.5, 0.6) is 0 Å². The Morgan fingerprint density at radius 2 is 2.00 bits per heavy atom. The number of H-pyrrole nitrogens is 1. The number of aromatic nitrogens is 3. The maximum atomic E-state index is 11.7. The Balaban J connectivity index is 2.19. The first-order valence-electron chi connectivity index (χ1n) is 5.65. The van der Waals surface area contributed by atoms with E-state index in [0.29, 0.717) is 0 Å². The third kappa shape index (κ3) is 1.38. The predicted molar refractivity (Wildman–Crippen MR) is 59.5 cm³/mol. The lowest BCUT2D eigenvalue weighted by molar-refractivity contribution is -0.666. The number of benzene rings is 1. The second kappa shape index (κ2) is 3.63. The Labute approximate surface area is 93.1 Å². The van der Waals surface area contributed by atoms with Crippen LogP contribution in [-0.2, 0) is 13.0 Å². The van der Waals surface area contributed by atoms with Gasteiger partial charge in [0.2, 0.25) is 0 Å². The van der Waals surface area contributed by atoms with E-state index in [4.69, 9.17) is 0 Å². The number of nitrogens with one attached hydrogen (secondary N) is 1. The minimum absolute atomic E-state index is 0.00134. The summed E-state index contributed by atoms with van der Waals surface area (Å²) in [6.07, 6.45) is 3.22. The lowest BCUT2D eigenvalue weighted by atomic mass is 10.1. The monoisotopic (exact) mass is 216 g/mol. The van der Waals surface area contributed by atoms with Crippen LogP contribution in [0.1, 0.15) is 18.7 Å². The summed E-state index contributed by atoms with van der Waals surface area (Å²) < 4.78 is 3.75. The van der Waals surface area contributed by atoms with Crippen molar-refractivity contribution in [3.8, 4) is 5.69 Å². The highest BCUT2D eigenvalue weighted by molar-refractivity contribution is 5.21. The van der Waals surface area contributed by atoms with Gasteiger partial charge in [-0.3, -0.25) is 0 Å². The van der Waals surface area contributed by atoms with E-state index in [1.54, 1.807) is 0 Å². The number of hydrogen-bond acceptors (Lipinski definition) is 1. The van der Waals surface area contributed by atoms with Crippen molar-refractivity contribution >= 4 is 0 Å². The number of nitrogens with zero attached hydrogens (tertiary/aromatic N) is 2. The molecule has 0 bridgehead atoms. The third-order valence-electron chi connectivity index (χ3n) is 3.07. The minimum atomic E-state index is -0.00134. The van der Waals surface area contributed by atoms with E-state index >= 15 is 0 Å². The topological polar surface area (TPSA) is 41.7 Å². The zero-order valence-corrected chi connectivity index (χ0v) is 9.02. The van der Waals surface area contributed by atoms with E-state index in [9.17, 15) is 4.79 Å². The van der Waals surface area contributed by atoms with Crippen LogP contribution < -0.4 is 10.4 Å². The summed E-state index contributed by atoms with van der Waals surface area (Å²) in [5.41, 5.74) is 1.02. The van der Waals surface area contributed by atoms with Gasteiger partial charge in [0.25, 0.3) is 5.82 Å². The maximum absolute atomic E-state index is 11.7. The average molecular weight is 216 g/mol. The van der Waals surface area contributed by atoms with Gasteiger partial charge in [-0.1, -0.05) is 18.2 Å². The van der Waals surface area contributed by atoms with Crippen molar-refractivity contribution < 1.29 is 4.68 Å². The Morgan fingerprint density at radius 3 is 2.81 bits per heavy atom. The smallest absolute Gasteiger partial charge is 0.217 e. The average Bonchev–Trinajstić information content (AvgIpc) is 2.69. The second-order valence-electron chi connectivity index (χ2n) is 4.11. The molecule has 0 fully saturated rings. The van der Waals surface area contributed by atoms with Crippen molar-refractivity contribution in [3.05, 3.63) is 46.6 Å². The van der Waals surface area contributed by atoms with Crippen LogP contribution in [0.15, 0.2) is 35.1 Å². The van der Waals surface area contributed by atoms with Crippen LogP contribution in [0.4, 0.5) is 0 Å². The molecule has 3 rings (SSSR count). The molecule has 1 N–H and O–H groups in total. The first-order chi connectivity index (χ1) is 7.86. The van der Waals surface area contributed by atoms with Gasteiger partial charge in [-0.25, -0.2) is 4.79 Å². The van der Waals surface area contributed by atoms with E-state index in [2.05, 4.69) is 5.10 Å². The highest BCUT2D eigenvalue weighted by atomic mass is 16.2. The van der Waals surface area contributed by atoms with Crippen molar-refractivity contribution in [2.24, 2.45) is 0 Å². The Kier molecular flexibility index (Phi) is 2.13. The molecular formula is C12H14N3O+. The van der Waals surface area contributed by atoms with Gasteiger partial charge >= 0.3 is 5.69 Å². The second-order valence-corrected chi connectivity index (χ2v) is 4.11. The van der Waals surface area contributed by atoms with Crippen molar-refractivity contribution in [3.63, 3.8) is 0 Å². The van der Waals surface area contributed by atoms with Crippen LogP contribution in [0.2, 0.25) is 0 Å². The molecule has 4 heteroatoms. The molecule has 1 aromatic heterocycles. The molecule has 1 aliphatic rings. The van der Waals surface area contributed by atoms with Crippen LogP contribution in [0.25, 0.3) is 5.69 Å². The van der Waals surface area contributed by atoms with Gasteiger partial charge in [-0.2, -0.15) is 9.67 Å². The highest BCUT2D eigenvalue weighted by Crippen LogP contribution is 2.09. The van der Waals surface area contributed by atoms with Crippen molar-refractivity contribution in [1.29, 1.82) is 0 Å². The molecule has 4 nitrogen and oxygen atoms in total. The molecule has 82 valence electrons. The van der Waals surface area contributed by atoms with E-state index in [-0.39, 0.29) is 5.69 Å². The van der Waals surface area contributed by atoms with Gasteiger partial charge < -0.3 is 0 Å². The molecule has 0 saturated carbocycles. The summed E-state index contributed by atoms with van der Waals surface area (Å²) in [6, 6.07) is 9.95. The van der Waals surface area contributed by atoms with Crippen molar-refractivity contribution in [1.82, 2.24) is 9.67 Å². The molecule has 0 atom stereocenters. The van der Waals surface area contributed by atoms with Gasteiger partial charge in [0.15, 0.2) is 5.69 Å². The standard InChI is InChI=1S/C12H13N3O/c16-12-13-15(10-6-2-1-3-7-10)11-8-4-5-9-14(11)12/h1-3,6-7H,4-5,8-9H2/p+1. The van der Waals surface area contributed by atoms with E-state index in [1.807, 2.05) is 39.6 Å². The summed E-state index contributed by atoms with van der Waals surface area (Å²) >= 11 is 0. The number of rotatable bonds is 1. The highest BCUT2D eigenvalue weighted by Gasteiger charge is 2.25. The molecular weight excluding hydrogens is 202 g/mol. The van der Waals surface area contributed by atoms with Gasteiger partial charge in [-0.05, 0) is 25.0 Å². The lowest BCUT2D eigenvalue weighted by Crippen LogP contribution is -2.39. The van der Waals surface area contributed by atoms with Gasteiger partial charge in [-0.15, -0.1) is 4.68 Å². The molecule has 0 unspecified atom stereocenters. The number of aromatic amines is 1. The molecule has 0 saturated heterocycles. The Bertz CT molecular complexity index is 553. The van der Waals surface area contributed by atoms with Crippen LogP contribution in [0, 0.1) is 0 Å². The molecule has 1 aromatic carbocycles. The minimum Gasteiger partial charge on any atom is -0.217 e. The van der Waals surface area contributed by atoms with E-state index < -0.39 is 0 Å². The fraction of sp³-hybridized carbons (Fsp3) is 0.333. The largest absolute Gasteiger partial charge is 0.444 e. The zero-order valence-electron chi connectivity index (χ0n) is 9.02. The normalized spacial score (nSPS) is 14.8. The summed E-state index contributed by atoms with van der Waals surface area (Å²) in [7, 11) is 0. The Hall–Kier alpha value is -1.84. The summed E-state index contributed by atoms with van der Waals surface area (Å²) in [4.78, 5) is 11.7. The molecule has 0 spiro atoms. The van der Waals surface area contributed by atoms with E-state index in [0.717, 1.165) is 37.3 Å². The lowest BCUT2D eigenvalue weighted by Gasteiger charge is -2.06. The fourth-order valence-electron chi connectivity index (χ4n) is 2.28. The molecule has 0 amide bonds. The summed E-state index contributed by atoms with van der Waals surface area (Å²) in [5.74, 6) is 1.09. The molecule has 2 heterocycles. The van der Waals surface area contributed by atoms with Crippen LogP contribution in [-0.4, -0.2) is 9.67 Å². The first kappa shape index (κ1) is 9.39. The fourth-order valence-corrected chi connectivity index (χ4v) is 2.28. The van der Waals surface area contributed by atoms with Gasteiger partial charge in [0.1, 0.15) is 0 Å². The number of hydrogen-bond donors (Lipinski definition) is 1. The third-order valence-corrected chi connectivity index (χ3v) is 3.07. The van der Waals surface area contributed by atoms with Crippen LogP contribution >= 0.6 is 0 Å². The van der Waals surface area contributed by atoms with Gasteiger partial charge in [0.05, 0.1) is 13.0 Å². The van der Waals surface area contributed by atoms with E-state index in [1.165, 1.54) is 0 Å². The molecule has 16 heavy (non-hydrogen) atoms. The number of para-hydroxylation sites is 1. The number of fused-ring (bicyclic) bond motifs is 1. The molecule has 0 aliphatic carbocycles. The van der Waals surface area contributed by atoms with Crippen molar-refractivity contribution in [2.45, 2.75) is 25.8 Å². The van der Waals surface area contributed by atoms with Crippen molar-refractivity contribution in [2.75, 3.05) is 0 Å². The molecule has 2 aromatic rings. The van der Waals surface area contributed by atoms with Gasteiger partial charge in [0, 0.05) is 0 Å². The SMILES string of the molecule is O=c1[nH][n+](-c2ccccc2)c2n1CCCC2. The van der Waals surface area contributed by atoms with Crippen LogP contribution in [0.3, 0.4) is 0 Å². The predicted octanol–water partition coefficient (Wildman–Crippen LogP) is 0.789. The molecule has 0 radical (unpaired) electrons.